The Kier molecular flexibility index (Phi) is 6.33. The molecule has 2 nitrogen and oxygen atoms in total. The number of hydrogen-bond donors (Lipinski definition) is 0. The number of rotatable bonds is 6. The molecule has 2 unspecified atom stereocenters. The minimum absolute atomic E-state index is 0.0692. The lowest BCUT2D eigenvalue weighted by Crippen LogP contribution is -2.20. The van der Waals surface area contributed by atoms with Crippen molar-refractivity contribution >= 4 is 38.6 Å². The molecule has 1 rings (SSSR count). The molecule has 0 fully saturated rings. The fourth-order valence-electron chi connectivity index (χ4n) is 1.39. The molecule has 1 aromatic rings. The van der Waals surface area contributed by atoms with Crippen LogP contribution >= 0.6 is 23.2 Å². The van der Waals surface area contributed by atoms with Gasteiger partial charge in [-0.3, -0.25) is 0 Å². The molecular weight excluding hydrogens is 287 g/mol. The molecule has 99 valence electrons. The Bertz CT molecular complexity index is 399. The zero-order valence-corrected chi connectivity index (χ0v) is 13.3. The summed E-state index contributed by atoms with van der Waals surface area (Å²) < 4.78 is 11.6. The standard InChI is InChI=1S/C13H17Cl2O2Si/c1-8(6-14)16-11-4-5-12(18)10(3)13(11)17-9(2)7-15/h4-5,8-9H,6-7H2,1-3H3. The van der Waals surface area contributed by atoms with Crippen molar-refractivity contribution < 1.29 is 9.47 Å². The van der Waals surface area contributed by atoms with Gasteiger partial charge in [-0.1, -0.05) is 11.3 Å². The highest BCUT2D eigenvalue weighted by molar-refractivity contribution is 6.33. The van der Waals surface area contributed by atoms with Gasteiger partial charge in [0.25, 0.3) is 0 Å². The largest absolute Gasteiger partial charge is 0.486 e. The molecule has 2 atom stereocenters. The summed E-state index contributed by atoms with van der Waals surface area (Å²) in [6, 6.07) is 3.80. The summed E-state index contributed by atoms with van der Waals surface area (Å²) in [4.78, 5) is 0. The normalized spacial score (nSPS) is 14.1. The monoisotopic (exact) mass is 303 g/mol. The lowest BCUT2D eigenvalue weighted by atomic mass is 10.2. The maximum Gasteiger partial charge on any atom is 0.164 e. The van der Waals surface area contributed by atoms with E-state index < -0.39 is 0 Å². The molecule has 5 heteroatoms. The van der Waals surface area contributed by atoms with E-state index in [0.29, 0.717) is 23.3 Å². The topological polar surface area (TPSA) is 18.5 Å². The van der Waals surface area contributed by atoms with E-state index >= 15 is 0 Å². The Morgan fingerprint density at radius 2 is 1.67 bits per heavy atom. The van der Waals surface area contributed by atoms with Crippen LogP contribution in [0.15, 0.2) is 12.1 Å². The Morgan fingerprint density at radius 3 is 2.22 bits per heavy atom. The van der Waals surface area contributed by atoms with E-state index in [0.717, 1.165) is 10.8 Å². The van der Waals surface area contributed by atoms with Crippen LogP contribution < -0.4 is 14.7 Å². The highest BCUT2D eigenvalue weighted by Gasteiger charge is 2.15. The van der Waals surface area contributed by atoms with Crippen LogP contribution in [-0.4, -0.2) is 34.2 Å². The summed E-state index contributed by atoms with van der Waals surface area (Å²) in [6.07, 6.45) is -0.146. The highest BCUT2D eigenvalue weighted by Crippen LogP contribution is 2.31. The van der Waals surface area contributed by atoms with Gasteiger partial charge >= 0.3 is 0 Å². The van der Waals surface area contributed by atoms with E-state index in [4.69, 9.17) is 32.7 Å². The quantitative estimate of drug-likeness (QED) is 0.594. The van der Waals surface area contributed by atoms with Crippen molar-refractivity contribution in [2.75, 3.05) is 11.8 Å². The molecule has 0 amide bonds. The SMILES string of the molecule is Cc1c([Si])ccc(OC(C)CCl)c1OC(C)CCl. The molecule has 0 aliphatic rings. The number of halogens is 2. The molecule has 0 aliphatic carbocycles. The summed E-state index contributed by atoms with van der Waals surface area (Å²) in [7, 11) is 3.53. The van der Waals surface area contributed by atoms with Gasteiger partial charge in [-0.25, -0.2) is 0 Å². The number of ether oxygens (including phenoxy) is 2. The summed E-state index contributed by atoms with van der Waals surface area (Å²) in [5.41, 5.74) is 0.989. The van der Waals surface area contributed by atoms with Crippen LogP contribution in [0.25, 0.3) is 0 Å². The van der Waals surface area contributed by atoms with Crippen LogP contribution in [0.4, 0.5) is 0 Å². The average Bonchev–Trinajstić information content (AvgIpc) is 2.37. The first-order chi connectivity index (χ1) is 8.49. The molecule has 18 heavy (non-hydrogen) atoms. The number of hydrogen-bond acceptors (Lipinski definition) is 2. The molecule has 0 spiro atoms. The predicted octanol–water partition coefficient (Wildman–Crippen LogP) is 2.80. The lowest BCUT2D eigenvalue weighted by molar-refractivity contribution is 0.201. The van der Waals surface area contributed by atoms with Crippen LogP contribution in [-0.2, 0) is 0 Å². The first-order valence-corrected chi connectivity index (χ1v) is 7.37. The fraction of sp³-hybridized carbons (Fsp3) is 0.538. The zero-order chi connectivity index (χ0) is 13.7. The van der Waals surface area contributed by atoms with Crippen molar-refractivity contribution in [3.8, 4) is 11.5 Å². The third-order valence-electron chi connectivity index (χ3n) is 2.45. The van der Waals surface area contributed by atoms with E-state index in [1.807, 2.05) is 32.9 Å². The van der Waals surface area contributed by atoms with Crippen LogP contribution in [0.2, 0.25) is 0 Å². The summed E-state index contributed by atoms with van der Waals surface area (Å²) in [5, 5.41) is 0.970. The predicted molar refractivity (Wildman–Crippen MR) is 78.2 cm³/mol. The smallest absolute Gasteiger partial charge is 0.164 e. The summed E-state index contributed by atoms with van der Waals surface area (Å²) in [6.45, 7) is 5.80. The van der Waals surface area contributed by atoms with Gasteiger partial charge in [0.1, 0.15) is 12.2 Å². The Hall–Kier alpha value is -0.383. The van der Waals surface area contributed by atoms with E-state index in [-0.39, 0.29) is 12.2 Å². The molecule has 3 radical (unpaired) electrons. The average molecular weight is 304 g/mol. The maximum absolute atomic E-state index is 5.82. The van der Waals surface area contributed by atoms with Crippen LogP contribution in [0.5, 0.6) is 11.5 Å². The first-order valence-electron chi connectivity index (χ1n) is 5.80. The van der Waals surface area contributed by atoms with Gasteiger partial charge < -0.3 is 9.47 Å². The van der Waals surface area contributed by atoms with Gasteiger partial charge in [-0.15, -0.1) is 23.2 Å². The number of alkyl halides is 2. The minimum Gasteiger partial charge on any atom is -0.486 e. The minimum atomic E-state index is -0.0764. The molecule has 1 aromatic carbocycles. The molecule has 0 heterocycles. The van der Waals surface area contributed by atoms with Crippen LogP contribution in [0.3, 0.4) is 0 Å². The van der Waals surface area contributed by atoms with Crippen molar-refractivity contribution in [2.24, 2.45) is 0 Å². The van der Waals surface area contributed by atoms with Crippen molar-refractivity contribution in [1.82, 2.24) is 0 Å². The fourth-order valence-corrected chi connectivity index (χ4v) is 1.71. The zero-order valence-electron chi connectivity index (χ0n) is 10.8. The molecule has 0 bridgehead atoms. The Balaban J connectivity index is 3.04. The lowest BCUT2D eigenvalue weighted by Gasteiger charge is -2.21. The van der Waals surface area contributed by atoms with Gasteiger partial charge in [0.05, 0.1) is 22.0 Å². The molecular formula is C13H17Cl2O2Si. The van der Waals surface area contributed by atoms with Crippen LogP contribution in [0, 0.1) is 6.92 Å². The number of benzene rings is 1. The van der Waals surface area contributed by atoms with Crippen molar-refractivity contribution in [3.63, 3.8) is 0 Å². The van der Waals surface area contributed by atoms with Gasteiger partial charge in [0.15, 0.2) is 11.5 Å². The van der Waals surface area contributed by atoms with Crippen molar-refractivity contribution in [3.05, 3.63) is 17.7 Å². The van der Waals surface area contributed by atoms with Gasteiger partial charge in [-0.2, -0.15) is 0 Å². The van der Waals surface area contributed by atoms with E-state index in [1.165, 1.54) is 0 Å². The summed E-state index contributed by atoms with van der Waals surface area (Å²) >= 11 is 11.5. The molecule has 0 aliphatic heterocycles. The Morgan fingerprint density at radius 1 is 1.11 bits per heavy atom. The first kappa shape index (κ1) is 15.7. The maximum atomic E-state index is 5.82. The van der Waals surface area contributed by atoms with Gasteiger partial charge in [0.2, 0.25) is 0 Å². The molecule has 0 aromatic heterocycles. The van der Waals surface area contributed by atoms with Gasteiger partial charge in [-0.05, 0) is 32.4 Å². The third kappa shape index (κ3) is 4.07. The van der Waals surface area contributed by atoms with Gasteiger partial charge in [0, 0.05) is 0 Å². The van der Waals surface area contributed by atoms with E-state index in [1.54, 1.807) is 0 Å². The second kappa shape index (κ2) is 7.27. The van der Waals surface area contributed by atoms with E-state index in [9.17, 15) is 0 Å². The highest BCUT2D eigenvalue weighted by atomic mass is 35.5. The van der Waals surface area contributed by atoms with Crippen molar-refractivity contribution in [2.45, 2.75) is 33.0 Å². The third-order valence-corrected chi connectivity index (χ3v) is 3.86. The van der Waals surface area contributed by atoms with E-state index in [2.05, 4.69) is 10.2 Å². The second-order valence-electron chi connectivity index (χ2n) is 4.23. The second-order valence-corrected chi connectivity index (χ2v) is 5.39. The Labute approximate surface area is 122 Å². The van der Waals surface area contributed by atoms with Crippen molar-refractivity contribution in [1.29, 1.82) is 0 Å². The molecule has 0 saturated heterocycles. The summed E-state index contributed by atoms with van der Waals surface area (Å²) in [5.74, 6) is 2.27. The molecule has 0 N–H and O–H groups in total. The van der Waals surface area contributed by atoms with Crippen LogP contribution in [0.1, 0.15) is 19.4 Å². The molecule has 0 saturated carbocycles.